The van der Waals surface area contributed by atoms with Crippen LogP contribution in [0.15, 0.2) is 65.8 Å². The quantitative estimate of drug-likeness (QED) is 0.303. The van der Waals surface area contributed by atoms with Gasteiger partial charge in [-0.2, -0.15) is 5.10 Å². The van der Waals surface area contributed by atoms with Crippen molar-refractivity contribution in [3.8, 4) is 11.5 Å². The Hall–Kier alpha value is -3.22. The monoisotopic (exact) mass is 511 g/mol. The summed E-state index contributed by atoms with van der Waals surface area (Å²) in [4.78, 5) is 14.8. The lowest BCUT2D eigenvalue weighted by molar-refractivity contribution is -0.127. The standard InChI is InChI=1S/C27H27Cl2N3O3/c1-18(35-26-12-10-22(28)15-23(26)29)27(33)31-30-16-19-9-11-25(34-2)21(14-19)17-32-13-5-7-20-6-3-4-8-24(20)32/h3-4,6,8-12,14-16,18H,5,7,13,17H2,1-2H3,(H,31,33)/b30-16-/t18-/m1/s1. The Morgan fingerprint density at radius 3 is 2.74 bits per heavy atom. The van der Waals surface area contributed by atoms with E-state index in [-0.39, 0.29) is 0 Å². The van der Waals surface area contributed by atoms with Gasteiger partial charge in [0.2, 0.25) is 0 Å². The number of nitrogens with one attached hydrogen (secondary N) is 1. The van der Waals surface area contributed by atoms with Gasteiger partial charge in [0.05, 0.1) is 18.3 Å². The molecule has 3 aromatic carbocycles. The summed E-state index contributed by atoms with van der Waals surface area (Å²) in [6.07, 6.45) is 3.03. The maximum atomic E-state index is 12.4. The number of halogens is 2. The van der Waals surface area contributed by atoms with Crippen LogP contribution in [0.4, 0.5) is 5.69 Å². The minimum absolute atomic E-state index is 0.336. The largest absolute Gasteiger partial charge is 0.496 e. The van der Waals surface area contributed by atoms with Gasteiger partial charge in [-0.15, -0.1) is 0 Å². The number of carbonyl (C=O) groups is 1. The lowest BCUT2D eigenvalue weighted by Crippen LogP contribution is -2.33. The summed E-state index contributed by atoms with van der Waals surface area (Å²) < 4.78 is 11.2. The molecule has 0 bridgehead atoms. The molecule has 1 amide bonds. The topological polar surface area (TPSA) is 63.2 Å². The summed E-state index contributed by atoms with van der Waals surface area (Å²) in [6, 6.07) is 19.2. The second-order valence-electron chi connectivity index (χ2n) is 8.29. The van der Waals surface area contributed by atoms with Crippen LogP contribution in [0.5, 0.6) is 11.5 Å². The highest BCUT2D eigenvalue weighted by atomic mass is 35.5. The van der Waals surface area contributed by atoms with Crippen molar-refractivity contribution in [2.45, 2.75) is 32.4 Å². The molecule has 4 rings (SSSR count). The third-order valence-corrected chi connectivity index (χ3v) is 6.36. The molecule has 8 heteroatoms. The predicted octanol–water partition coefficient (Wildman–Crippen LogP) is 5.87. The van der Waals surface area contributed by atoms with Crippen molar-refractivity contribution in [1.29, 1.82) is 0 Å². The summed E-state index contributed by atoms with van der Waals surface area (Å²) in [6.45, 7) is 3.34. The number of rotatable bonds is 8. The van der Waals surface area contributed by atoms with Crippen LogP contribution < -0.4 is 19.8 Å². The van der Waals surface area contributed by atoms with Gasteiger partial charge in [-0.05, 0) is 73.4 Å². The number of aryl methyl sites for hydroxylation is 1. The molecule has 0 saturated heterocycles. The molecule has 1 N–H and O–H groups in total. The number of hydrogen-bond donors (Lipinski definition) is 1. The minimum Gasteiger partial charge on any atom is -0.496 e. The van der Waals surface area contributed by atoms with E-state index in [1.165, 1.54) is 11.3 Å². The Labute approximate surface area is 215 Å². The highest BCUT2D eigenvalue weighted by Gasteiger charge is 2.18. The first-order valence-electron chi connectivity index (χ1n) is 11.4. The Morgan fingerprint density at radius 2 is 1.94 bits per heavy atom. The van der Waals surface area contributed by atoms with E-state index in [0.29, 0.717) is 15.8 Å². The van der Waals surface area contributed by atoms with E-state index in [4.69, 9.17) is 32.7 Å². The van der Waals surface area contributed by atoms with Gasteiger partial charge < -0.3 is 14.4 Å². The Morgan fingerprint density at radius 1 is 1.14 bits per heavy atom. The van der Waals surface area contributed by atoms with Gasteiger partial charge in [0.25, 0.3) is 5.91 Å². The number of hydrogen-bond acceptors (Lipinski definition) is 5. The molecule has 0 aromatic heterocycles. The average molecular weight is 512 g/mol. The second-order valence-corrected chi connectivity index (χ2v) is 9.14. The lowest BCUT2D eigenvalue weighted by atomic mass is 10.0. The fraction of sp³-hybridized carbons (Fsp3) is 0.259. The predicted molar refractivity (Wildman–Crippen MR) is 141 cm³/mol. The highest BCUT2D eigenvalue weighted by molar-refractivity contribution is 6.35. The Bertz CT molecular complexity index is 1230. The molecule has 1 atom stereocenters. The van der Waals surface area contributed by atoms with E-state index in [9.17, 15) is 4.79 Å². The van der Waals surface area contributed by atoms with Crippen molar-refractivity contribution in [2.75, 3.05) is 18.6 Å². The van der Waals surface area contributed by atoms with Crippen LogP contribution in [-0.2, 0) is 17.8 Å². The minimum atomic E-state index is -0.795. The van der Waals surface area contributed by atoms with Gasteiger partial charge in [-0.1, -0.05) is 41.4 Å². The van der Waals surface area contributed by atoms with Crippen LogP contribution in [0.3, 0.4) is 0 Å². The second kappa shape index (κ2) is 11.5. The molecule has 0 aliphatic carbocycles. The molecule has 1 aliphatic rings. The first kappa shape index (κ1) is 24.9. The molecule has 0 fully saturated rings. The van der Waals surface area contributed by atoms with Gasteiger partial charge in [-0.3, -0.25) is 4.79 Å². The molecule has 182 valence electrons. The molecule has 0 radical (unpaired) electrons. The van der Waals surface area contributed by atoms with Crippen molar-refractivity contribution in [3.05, 3.63) is 87.4 Å². The summed E-state index contributed by atoms with van der Waals surface area (Å²) in [5.74, 6) is 0.795. The number of hydrazone groups is 1. The van der Waals surface area contributed by atoms with E-state index in [1.54, 1.807) is 38.4 Å². The van der Waals surface area contributed by atoms with Crippen molar-refractivity contribution in [2.24, 2.45) is 5.10 Å². The van der Waals surface area contributed by atoms with E-state index in [1.807, 2.05) is 18.2 Å². The molecule has 1 aliphatic heterocycles. The molecule has 1 heterocycles. The van der Waals surface area contributed by atoms with Crippen LogP contribution in [0.1, 0.15) is 30.0 Å². The number of benzene rings is 3. The smallest absolute Gasteiger partial charge is 0.280 e. The molecule has 0 spiro atoms. The number of carbonyl (C=O) groups excluding carboxylic acids is 1. The SMILES string of the molecule is COc1ccc(/C=N\NC(=O)[C@@H](C)Oc2ccc(Cl)cc2Cl)cc1CN1CCCc2ccccc21. The van der Waals surface area contributed by atoms with Crippen LogP contribution in [0.25, 0.3) is 0 Å². The molecular formula is C27H27Cl2N3O3. The normalized spacial score (nSPS) is 13.9. The number of anilines is 1. The molecule has 35 heavy (non-hydrogen) atoms. The van der Waals surface area contributed by atoms with Gasteiger partial charge in [-0.25, -0.2) is 5.43 Å². The molecule has 3 aromatic rings. The third kappa shape index (κ3) is 6.27. The summed E-state index contributed by atoms with van der Waals surface area (Å²) in [5.41, 5.74) is 7.05. The number of para-hydroxylation sites is 1. The fourth-order valence-corrected chi connectivity index (χ4v) is 4.51. The maximum Gasteiger partial charge on any atom is 0.280 e. The zero-order valence-electron chi connectivity index (χ0n) is 19.6. The van der Waals surface area contributed by atoms with Crippen molar-refractivity contribution in [3.63, 3.8) is 0 Å². The van der Waals surface area contributed by atoms with Gasteiger partial charge in [0, 0.05) is 29.4 Å². The fourth-order valence-electron chi connectivity index (χ4n) is 4.06. The molecule has 0 unspecified atom stereocenters. The number of amides is 1. The zero-order valence-corrected chi connectivity index (χ0v) is 21.1. The summed E-state index contributed by atoms with van der Waals surface area (Å²) >= 11 is 12.0. The average Bonchev–Trinajstić information content (AvgIpc) is 2.86. The summed E-state index contributed by atoms with van der Waals surface area (Å²) in [5, 5.41) is 4.94. The van der Waals surface area contributed by atoms with Crippen molar-refractivity contribution in [1.82, 2.24) is 5.43 Å². The van der Waals surface area contributed by atoms with E-state index in [0.717, 1.165) is 42.8 Å². The lowest BCUT2D eigenvalue weighted by Gasteiger charge is -2.31. The van der Waals surface area contributed by atoms with Crippen LogP contribution in [0, 0.1) is 0 Å². The molecule has 6 nitrogen and oxygen atoms in total. The number of ether oxygens (including phenoxy) is 2. The molecular weight excluding hydrogens is 485 g/mol. The third-order valence-electron chi connectivity index (χ3n) is 5.83. The van der Waals surface area contributed by atoms with E-state index >= 15 is 0 Å². The number of fused-ring (bicyclic) bond motifs is 1. The van der Waals surface area contributed by atoms with Crippen LogP contribution >= 0.6 is 23.2 Å². The Balaban J connectivity index is 1.41. The van der Waals surface area contributed by atoms with Crippen molar-refractivity contribution < 1.29 is 14.3 Å². The zero-order chi connectivity index (χ0) is 24.8. The van der Waals surface area contributed by atoms with Crippen LogP contribution in [-0.4, -0.2) is 31.9 Å². The van der Waals surface area contributed by atoms with Gasteiger partial charge in [0.1, 0.15) is 11.5 Å². The van der Waals surface area contributed by atoms with E-state index in [2.05, 4.69) is 39.7 Å². The number of methoxy groups -OCH3 is 1. The summed E-state index contributed by atoms with van der Waals surface area (Å²) in [7, 11) is 1.67. The molecule has 0 saturated carbocycles. The maximum absolute atomic E-state index is 12.4. The van der Waals surface area contributed by atoms with Crippen LogP contribution in [0.2, 0.25) is 10.0 Å². The first-order chi connectivity index (χ1) is 16.9. The van der Waals surface area contributed by atoms with E-state index < -0.39 is 12.0 Å². The number of nitrogens with zero attached hydrogens (tertiary/aromatic N) is 2. The van der Waals surface area contributed by atoms with Gasteiger partial charge >= 0.3 is 0 Å². The first-order valence-corrected chi connectivity index (χ1v) is 12.1. The van der Waals surface area contributed by atoms with Crippen molar-refractivity contribution >= 4 is 41.0 Å². The van der Waals surface area contributed by atoms with Gasteiger partial charge in [0.15, 0.2) is 6.10 Å². The Kier molecular flexibility index (Phi) is 8.16. The highest BCUT2D eigenvalue weighted by Crippen LogP contribution is 2.31.